The summed E-state index contributed by atoms with van der Waals surface area (Å²) in [6, 6.07) is 8.07. The van der Waals surface area contributed by atoms with E-state index in [9.17, 15) is 0 Å². The Labute approximate surface area is 130 Å². The number of ether oxygens (including phenoxy) is 2. The summed E-state index contributed by atoms with van der Waals surface area (Å²) in [5, 5.41) is 6.44. The molecule has 2 aromatic rings. The van der Waals surface area contributed by atoms with Crippen molar-refractivity contribution in [3.8, 4) is 5.75 Å². The third kappa shape index (κ3) is 5.83. The van der Waals surface area contributed by atoms with E-state index in [-0.39, 0.29) is 0 Å². The van der Waals surface area contributed by atoms with Crippen LogP contribution in [0.2, 0.25) is 0 Å². The summed E-state index contributed by atoms with van der Waals surface area (Å²) in [5.41, 5.74) is 2.30. The van der Waals surface area contributed by atoms with Gasteiger partial charge < -0.3 is 14.8 Å². The van der Waals surface area contributed by atoms with E-state index in [1.807, 2.05) is 24.3 Å². The molecule has 0 aliphatic carbocycles. The van der Waals surface area contributed by atoms with Gasteiger partial charge in [-0.1, -0.05) is 17.7 Å². The summed E-state index contributed by atoms with van der Waals surface area (Å²) in [5.74, 6) is 0.884. The largest absolute Gasteiger partial charge is 0.486 e. The SMILES string of the molecule is COCCCNCc1csc(COc2ccc(C)cc2)n1. The first kappa shape index (κ1) is 15.9. The lowest BCUT2D eigenvalue weighted by atomic mass is 10.2. The molecule has 0 bridgehead atoms. The number of hydrogen-bond acceptors (Lipinski definition) is 5. The Morgan fingerprint density at radius 1 is 1.24 bits per heavy atom. The molecule has 0 fully saturated rings. The number of nitrogens with zero attached hydrogens (tertiary/aromatic N) is 1. The highest BCUT2D eigenvalue weighted by molar-refractivity contribution is 7.09. The van der Waals surface area contributed by atoms with Crippen molar-refractivity contribution >= 4 is 11.3 Å². The van der Waals surface area contributed by atoms with Gasteiger partial charge in [-0.15, -0.1) is 11.3 Å². The Kier molecular flexibility index (Phi) is 6.66. The Balaban J connectivity index is 1.71. The van der Waals surface area contributed by atoms with E-state index in [2.05, 4.69) is 22.6 Å². The Hall–Kier alpha value is -1.43. The molecule has 1 N–H and O–H groups in total. The van der Waals surface area contributed by atoms with Gasteiger partial charge in [0.25, 0.3) is 0 Å². The Morgan fingerprint density at radius 2 is 2.05 bits per heavy atom. The molecule has 0 unspecified atom stereocenters. The van der Waals surface area contributed by atoms with E-state index in [1.54, 1.807) is 18.4 Å². The topological polar surface area (TPSA) is 43.4 Å². The van der Waals surface area contributed by atoms with Crippen LogP contribution in [0.25, 0.3) is 0 Å². The molecule has 0 amide bonds. The third-order valence-corrected chi connectivity index (χ3v) is 3.86. The predicted octanol–water partition coefficient (Wildman–Crippen LogP) is 3.16. The molecule has 0 aliphatic heterocycles. The minimum Gasteiger partial charge on any atom is -0.486 e. The van der Waals surface area contributed by atoms with Crippen molar-refractivity contribution in [2.45, 2.75) is 26.5 Å². The van der Waals surface area contributed by atoms with Crippen LogP contribution in [0, 0.1) is 6.92 Å². The van der Waals surface area contributed by atoms with Gasteiger partial charge in [-0.3, -0.25) is 0 Å². The lowest BCUT2D eigenvalue weighted by molar-refractivity contribution is 0.194. The van der Waals surface area contributed by atoms with Crippen LogP contribution in [0.5, 0.6) is 5.75 Å². The van der Waals surface area contributed by atoms with Crippen molar-refractivity contribution in [2.24, 2.45) is 0 Å². The average molecular weight is 306 g/mol. The van der Waals surface area contributed by atoms with Gasteiger partial charge in [0.15, 0.2) is 0 Å². The second kappa shape index (κ2) is 8.77. The number of hydrogen-bond donors (Lipinski definition) is 1. The van der Waals surface area contributed by atoms with Gasteiger partial charge in [0.05, 0.1) is 5.69 Å². The molecule has 4 nitrogen and oxygen atoms in total. The molecule has 1 aromatic heterocycles. The van der Waals surface area contributed by atoms with E-state index < -0.39 is 0 Å². The zero-order valence-corrected chi connectivity index (χ0v) is 13.4. The molecule has 5 heteroatoms. The van der Waals surface area contributed by atoms with Crippen molar-refractivity contribution in [1.29, 1.82) is 0 Å². The van der Waals surface area contributed by atoms with E-state index in [0.717, 1.165) is 42.6 Å². The van der Waals surface area contributed by atoms with Gasteiger partial charge in [0.1, 0.15) is 17.4 Å². The number of thiazole rings is 1. The van der Waals surface area contributed by atoms with Gasteiger partial charge in [0.2, 0.25) is 0 Å². The van der Waals surface area contributed by atoms with Crippen molar-refractivity contribution in [3.63, 3.8) is 0 Å². The zero-order chi connectivity index (χ0) is 14.9. The maximum Gasteiger partial charge on any atom is 0.140 e. The van der Waals surface area contributed by atoms with E-state index in [1.165, 1.54) is 5.56 Å². The molecule has 0 radical (unpaired) electrons. The standard InChI is InChI=1S/C16H22N2O2S/c1-13-4-6-15(7-5-13)20-11-16-18-14(12-21-16)10-17-8-3-9-19-2/h4-7,12,17H,3,8-11H2,1-2H3. The minimum absolute atomic E-state index is 0.525. The molecule has 0 spiro atoms. The molecule has 2 rings (SSSR count). The van der Waals surface area contributed by atoms with Gasteiger partial charge in [-0.05, 0) is 32.0 Å². The highest BCUT2D eigenvalue weighted by atomic mass is 32.1. The first-order chi connectivity index (χ1) is 10.3. The van der Waals surface area contributed by atoms with Crippen molar-refractivity contribution in [2.75, 3.05) is 20.3 Å². The summed E-state index contributed by atoms with van der Waals surface area (Å²) in [4.78, 5) is 4.56. The zero-order valence-electron chi connectivity index (χ0n) is 12.6. The fourth-order valence-corrected chi connectivity index (χ4v) is 2.54. The van der Waals surface area contributed by atoms with Crippen LogP contribution in [-0.2, 0) is 17.9 Å². The molecule has 0 aliphatic rings. The summed E-state index contributed by atoms with van der Waals surface area (Å²) in [6.45, 7) is 5.12. The van der Waals surface area contributed by atoms with Crippen LogP contribution in [0.3, 0.4) is 0 Å². The predicted molar refractivity (Wildman–Crippen MR) is 85.8 cm³/mol. The molecule has 114 valence electrons. The molecule has 0 saturated heterocycles. The van der Waals surface area contributed by atoms with Gasteiger partial charge in [-0.25, -0.2) is 4.98 Å². The maximum absolute atomic E-state index is 5.73. The van der Waals surface area contributed by atoms with Crippen LogP contribution >= 0.6 is 11.3 Å². The van der Waals surface area contributed by atoms with Gasteiger partial charge in [0, 0.05) is 25.6 Å². The maximum atomic E-state index is 5.73. The molecule has 1 aromatic carbocycles. The fourth-order valence-electron chi connectivity index (χ4n) is 1.83. The molecule has 1 heterocycles. The van der Waals surface area contributed by atoms with Crippen molar-refractivity contribution in [3.05, 3.63) is 45.9 Å². The number of aromatic nitrogens is 1. The molecule has 0 saturated carbocycles. The molecule has 21 heavy (non-hydrogen) atoms. The number of methoxy groups -OCH3 is 1. The van der Waals surface area contributed by atoms with Gasteiger partial charge >= 0.3 is 0 Å². The van der Waals surface area contributed by atoms with E-state index in [0.29, 0.717) is 6.61 Å². The average Bonchev–Trinajstić information content (AvgIpc) is 2.94. The number of aryl methyl sites for hydroxylation is 1. The number of nitrogens with one attached hydrogen (secondary N) is 1. The van der Waals surface area contributed by atoms with Crippen LogP contribution in [-0.4, -0.2) is 25.2 Å². The Morgan fingerprint density at radius 3 is 2.81 bits per heavy atom. The quantitative estimate of drug-likeness (QED) is 0.723. The first-order valence-corrected chi connectivity index (χ1v) is 7.98. The van der Waals surface area contributed by atoms with Crippen molar-refractivity contribution in [1.82, 2.24) is 10.3 Å². The fraction of sp³-hybridized carbons (Fsp3) is 0.438. The summed E-state index contributed by atoms with van der Waals surface area (Å²) >= 11 is 1.64. The summed E-state index contributed by atoms with van der Waals surface area (Å²) in [6.07, 6.45) is 1.02. The molecular formula is C16H22N2O2S. The number of benzene rings is 1. The van der Waals surface area contributed by atoms with E-state index in [4.69, 9.17) is 9.47 Å². The highest BCUT2D eigenvalue weighted by Crippen LogP contribution is 2.16. The van der Waals surface area contributed by atoms with Crippen molar-refractivity contribution < 1.29 is 9.47 Å². The lowest BCUT2D eigenvalue weighted by Gasteiger charge is -2.04. The van der Waals surface area contributed by atoms with Crippen LogP contribution in [0.15, 0.2) is 29.6 Å². The lowest BCUT2D eigenvalue weighted by Crippen LogP contribution is -2.16. The van der Waals surface area contributed by atoms with Crippen LogP contribution in [0.1, 0.15) is 22.7 Å². The first-order valence-electron chi connectivity index (χ1n) is 7.10. The second-order valence-corrected chi connectivity index (χ2v) is 5.80. The van der Waals surface area contributed by atoms with Gasteiger partial charge in [-0.2, -0.15) is 0 Å². The normalized spacial score (nSPS) is 10.8. The van der Waals surface area contributed by atoms with Crippen LogP contribution in [0.4, 0.5) is 0 Å². The summed E-state index contributed by atoms with van der Waals surface area (Å²) in [7, 11) is 1.72. The monoisotopic (exact) mass is 306 g/mol. The molecular weight excluding hydrogens is 284 g/mol. The van der Waals surface area contributed by atoms with E-state index >= 15 is 0 Å². The highest BCUT2D eigenvalue weighted by Gasteiger charge is 2.03. The van der Waals surface area contributed by atoms with Crippen LogP contribution < -0.4 is 10.1 Å². The minimum atomic E-state index is 0.525. The summed E-state index contributed by atoms with van der Waals surface area (Å²) < 4.78 is 10.7. The molecule has 0 atom stereocenters. The number of rotatable bonds is 9. The second-order valence-electron chi connectivity index (χ2n) is 4.86. The smallest absolute Gasteiger partial charge is 0.140 e. The Bertz CT molecular complexity index is 525. The third-order valence-electron chi connectivity index (χ3n) is 2.99.